The van der Waals surface area contributed by atoms with E-state index in [4.69, 9.17) is 0 Å². The number of thioether (sulfide) groups is 1. The molecule has 5 heteroatoms. The average molecular weight is 293 g/mol. The van der Waals surface area contributed by atoms with Gasteiger partial charge in [0.1, 0.15) is 5.82 Å². The van der Waals surface area contributed by atoms with Crippen LogP contribution in [0.15, 0.2) is 12.1 Å². The highest BCUT2D eigenvalue weighted by Crippen LogP contribution is 2.23. The monoisotopic (exact) mass is 293 g/mol. The maximum Gasteiger partial charge on any atom is 0.251 e. The number of hydrogen-bond acceptors (Lipinski definition) is 4. The molecule has 1 unspecified atom stereocenters. The van der Waals surface area contributed by atoms with E-state index >= 15 is 0 Å². The molecule has 1 saturated heterocycles. The van der Waals surface area contributed by atoms with Gasteiger partial charge in [0.25, 0.3) is 5.91 Å². The second-order valence-electron chi connectivity index (χ2n) is 5.51. The standard InChI is InChI=1S/C15H23N3OS/c1-10(2)13-6-12(7-14(16-3)18-13)15(19)17-8-11-4-5-20-9-11/h6-7,10-11H,4-5,8-9H2,1-3H3,(H,16,18)(H,17,19). The molecular formula is C15H23N3OS. The summed E-state index contributed by atoms with van der Waals surface area (Å²) in [4.78, 5) is 16.7. The highest BCUT2D eigenvalue weighted by Gasteiger charge is 2.17. The van der Waals surface area contributed by atoms with E-state index in [2.05, 4.69) is 29.5 Å². The van der Waals surface area contributed by atoms with Crippen molar-refractivity contribution < 1.29 is 4.79 Å². The number of carbonyl (C=O) groups excluding carboxylic acids is 1. The van der Waals surface area contributed by atoms with Gasteiger partial charge >= 0.3 is 0 Å². The summed E-state index contributed by atoms with van der Waals surface area (Å²) in [5.41, 5.74) is 1.64. The zero-order valence-corrected chi connectivity index (χ0v) is 13.2. The van der Waals surface area contributed by atoms with Crippen molar-refractivity contribution in [3.05, 3.63) is 23.4 Å². The fraction of sp³-hybridized carbons (Fsp3) is 0.600. The molecule has 0 saturated carbocycles. The minimum absolute atomic E-state index is 0.00250. The van der Waals surface area contributed by atoms with Crippen LogP contribution in [0, 0.1) is 5.92 Å². The van der Waals surface area contributed by atoms with Crippen molar-refractivity contribution >= 4 is 23.5 Å². The third-order valence-electron chi connectivity index (χ3n) is 3.53. The predicted octanol–water partition coefficient (Wildman–Crippen LogP) is 2.73. The first-order valence-electron chi connectivity index (χ1n) is 7.16. The van der Waals surface area contributed by atoms with Crippen LogP contribution in [0.1, 0.15) is 42.2 Å². The Bertz CT molecular complexity index is 470. The zero-order valence-electron chi connectivity index (χ0n) is 12.4. The summed E-state index contributed by atoms with van der Waals surface area (Å²) in [6, 6.07) is 3.70. The van der Waals surface area contributed by atoms with Gasteiger partial charge in [-0.3, -0.25) is 4.79 Å². The molecule has 1 aromatic rings. The Hall–Kier alpha value is -1.23. The lowest BCUT2D eigenvalue weighted by Gasteiger charge is -2.13. The van der Waals surface area contributed by atoms with Crippen molar-refractivity contribution in [1.82, 2.24) is 10.3 Å². The molecule has 1 atom stereocenters. The summed E-state index contributed by atoms with van der Waals surface area (Å²) >= 11 is 1.97. The third kappa shape index (κ3) is 3.88. The normalized spacial score (nSPS) is 18.3. The fourth-order valence-corrected chi connectivity index (χ4v) is 3.47. The number of pyridine rings is 1. The molecule has 1 aromatic heterocycles. The Balaban J connectivity index is 2.05. The molecule has 4 nitrogen and oxygen atoms in total. The second kappa shape index (κ2) is 6.97. The first-order valence-corrected chi connectivity index (χ1v) is 8.31. The Morgan fingerprint density at radius 2 is 2.30 bits per heavy atom. The second-order valence-corrected chi connectivity index (χ2v) is 6.66. The molecule has 0 radical (unpaired) electrons. The van der Waals surface area contributed by atoms with Gasteiger partial charge in [0.2, 0.25) is 0 Å². The van der Waals surface area contributed by atoms with Crippen LogP contribution in [0.4, 0.5) is 5.82 Å². The number of amides is 1. The van der Waals surface area contributed by atoms with Gasteiger partial charge in [0.15, 0.2) is 0 Å². The molecule has 1 aliphatic heterocycles. The van der Waals surface area contributed by atoms with Gasteiger partial charge in [0.05, 0.1) is 0 Å². The van der Waals surface area contributed by atoms with Crippen LogP contribution < -0.4 is 10.6 Å². The van der Waals surface area contributed by atoms with E-state index in [1.54, 1.807) is 0 Å². The van der Waals surface area contributed by atoms with Crippen molar-refractivity contribution in [3.8, 4) is 0 Å². The van der Waals surface area contributed by atoms with Gasteiger partial charge in [-0.05, 0) is 41.9 Å². The van der Waals surface area contributed by atoms with Crippen LogP contribution in [-0.4, -0.2) is 36.0 Å². The van der Waals surface area contributed by atoms with Crippen molar-refractivity contribution in [3.63, 3.8) is 0 Å². The molecule has 0 aliphatic carbocycles. The smallest absolute Gasteiger partial charge is 0.251 e. The summed E-state index contributed by atoms with van der Waals surface area (Å²) < 4.78 is 0. The molecule has 0 bridgehead atoms. The number of nitrogens with zero attached hydrogens (tertiary/aromatic N) is 1. The largest absolute Gasteiger partial charge is 0.373 e. The van der Waals surface area contributed by atoms with Gasteiger partial charge in [-0.15, -0.1) is 0 Å². The number of aromatic nitrogens is 1. The first-order chi connectivity index (χ1) is 9.60. The number of carbonyl (C=O) groups is 1. The van der Waals surface area contributed by atoms with Crippen LogP contribution in [0.3, 0.4) is 0 Å². The van der Waals surface area contributed by atoms with Crippen molar-refractivity contribution in [2.75, 3.05) is 30.4 Å². The van der Waals surface area contributed by atoms with Gasteiger partial charge < -0.3 is 10.6 Å². The maximum atomic E-state index is 12.3. The van der Waals surface area contributed by atoms with E-state index in [-0.39, 0.29) is 5.91 Å². The number of nitrogens with one attached hydrogen (secondary N) is 2. The van der Waals surface area contributed by atoms with Gasteiger partial charge in [-0.25, -0.2) is 4.98 Å². The molecule has 0 spiro atoms. The van der Waals surface area contributed by atoms with Crippen molar-refractivity contribution in [1.29, 1.82) is 0 Å². The Morgan fingerprint density at radius 1 is 1.50 bits per heavy atom. The summed E-state index contributed by atoms with van der Waals surface area (Å²) in [6.07, 6.45) is 1.21. The molecule has 2 rings (SSSR count). The first kappa shape index (κ1) is 15.2. The summed E-state index contributed by atoms with van der Waals surface area (Å²) in [6.45, 7) is 4.94. The molecule has 20 heavy (non-hydrogen) atoms. The van der Waals surface area contributed by atoms with Crippen LogP contribution >= 0.6 is 11.8 Å². The van der Waals surface area contributed by atoms with Crippen LogP contribution in [0.25, 0.3) is 0 Å². The fourth-order valence-electron chi connectivity index (χ4n) is 2.19. The average Bonchev–Trinajstić information content (AvgIpc) is 2.97. The Morgan fingerprint density at radius 3 is 2.90 bits per heavy atom. The lowest BCUT2D eigenvalue weighted by atomic mass is 10.1. The molecule has 1 fully saturated rings. The van der Waals surface area contributed by atoms with E-state index in [0.717, 1.165) is 23.8 Å². The highest BCUT2D eigenvalue weighted by atomic mass is 32.2. The van der Waals surface area contributed by atoms with Crippen molar-refractivity contribution in [2.45, 2.75) is 26.2 Å². The minimum atomic E-state index is 0.00250. The minimum Gasteiger partial charge on any atom is -0.373 e. The molecule has 1 aliphatic rings. The summed E-state index contributed by atoms with van der Waals surface area (Å²) in [7, 11) is 1.82. The molecular weight excluding hydrogens is 270 g/mol. The van der Waals surface area contributed by atoms with E-state index in [1.807, 2.05) is 30.9 Å². The number of rotatable bonds is 5. The molecule has 2 heterocycles. The Labute approximate surface area is 125 Å². The Kier molecular flexibility index (Phi) is 5.29. The van der Waals surface area contributed by atoms with Crippen molar-refractivity contribution in [2.24, 2.45) is 5.92 Å². The van der Waals surface area contributed by atoms with Crippen LogP contribution in [0.2, 0.25) is 0 Å². The van der Waals surface area contributed by atoms with E-state index in [0.29, 0.717) is 17.4 Å². The quantitative estimate of drug-likeness (QED) is 0.876. The van der Waals surface area contributed by atoms with E-state index < -0.39 is 0 Å². The van der Waals surface area contributed by atoms with Crippen LogP contribution in [0.5, 0.6) is 0 Å². The zero-order chi connectivity index (χ0) is 14.5. The topological polar surface area (TPSA) is 54.0 Å². The number of anilines is 1. The lowest BCUT2D eigenvalue weighted by Crippen LogP contribution is -2.29. The highest BCUT2D eigenvalue weighted by molar-refractivity contribution is 7.99. The number of hydrogen-bond donors (Lipinski definition) is 2. The maximum absolute atomic E-state index is 12.3. The van der Waals surface area contributed by atoms with Gasteiger partial charge in [-0.2, -0.15) is 11.8 Å². The lowest BCUT2D eigenvalue weighted by molar-refractivity contribution is 0.0948. The SMILES string of the molecule is CNc1cc(C(=O)NCC2CCSC2)cc(C(C)C)n1. The summed E-state index contributed by atoms with van der Waals surface area (Å²) in [5.74, 6) is 4.06. The summed E-state index contributed by atoms with van der Waals surface area (Å²) in [5, 5.41) is 6.07. The van der Waals surface area contributed by atoms with E-state index in [9.17, 15) is 4.79 Å². The molecule has 0 aromatic carbocycles. The molecule has 110 valence electrons. The third-order valence-corrected chi connectivity index (χ3v) is 4.76. The van der Waals surface area contributed by atoms with Gasteiger partial charge in [0, 0.05) is 24.8 Å². The molecule has 2 N–H and O–H groups in total. The van der Waals surface area contributed by atoms with Crippen LogP contribution in [-0.2, 0) is 0 Å². The van der Waals surface area contributed by atoms with E-state index in [1.165, 1.54) is 12.2 Å². The molecule has 1 amide bonds. The predicted molar refractivity (Wildman–Crippen MR) is 85.6 cm³/mol. The van der Waals surface area contributed by atoms with Gasteiger partial charge in [-0.1, -0.05) is 13.8 Å².